The lowest BCUT2D eigenvalue weighted by atomic mass is 9.84. The van der Waals surface area contributed by atoms with Crippen molar-refractivity contribution in [1.29, 1.82) is 0 Å². The van der Waals surface area contributed by atoms with Gasteiger partial charge in [-0.15, -0.1) is 0 Å². The molecule has 0 N–H and O–H groups in total. The third kappa shape index (κ3) is 6.24. The summed E-state index contributed by atoms with van der Waals surface area (Å²) in [6.07, 6.45) is 5.66. The molecule has 1 aliphatic carbocycles. The number of aryl methyl sites for hydroxylation is 1. The van der Waals surface area contributed by atoms with E-state index in [0.717, 1.165) is 52.6 Å². The number of benzene rings is 2. The Labute approximate surface area is 218 Å². The fourth-order valence-electron chi connectivity index (χ4n) is 4.67. The molecule has 4 nitrogen and oxygen atoms in total. The molecule has 0 saturated heterocycles. The van der Waals surface area contributed by atoms with Crippen LogP contribution in [0.2, 0.25) is 0 Å². The van der Waals surface area contributed by atoms with Gasteiger partial charge in [-0.25, -0.2) is 0 Å². The minimum absolute atomic E-state index is 0.0231. The Morgan fingerprint density at radius 3 is 2.46 bits per heavy atom. The summed E-state index contributed by atoms with van der Waals surface area (Å²) < 4.78 is 11.6. The molecule has 1 atom stereocenters. The van der Waals surface area contributed by atoms with Gasteiger partial charge in [0.05, 0.1) is 25.0 Å². The Kier molecular flexibility index (Phi) is 8.98. The van der Waals surface area contributed by atoms with E-state index < -0.39 is 0 Å². The summed E-state index contributed by atoms with van der Waals surface area (Å²) in [6, 6.07) is 12.4. The van der Waals surface area contributed by atoms with Crippen molar-refractivity contribution in [2.24, 2.45) is 11.3 Å². The Morgan fingerprint density at radius 1 is 1.20 bits per heavy atom. The van der Waals surface area contributed by atoms with Crippen molar-refractivity contribution in [1.82, 2.24) is 0 Å². The molecule has 0 spiro atoms. The van der Waals surface area contributed by atoms with Crippen molar-refractivity contribution in [2.45, 2.75) is 66.2 Å². The molecular formula is C30H37BrO4. The topological polar surface area (TPSA) is 52.6 Å². The van der Waals surface area contributed by atoms with E-state index in [1.165, 1.54) is 18.2 Å². The van der Waals surface area contributed by atoms with Crippen molar-refractivity contribution in [3.8, 4) is 5.75 Å². The fraction of sp³-hybridized carbons (Fsp3) is 0.467. The summed E-state index contributed by atoms with van der Waals surface area (Å²) >= 11 is 3.55. The van der Waals surface area contributed by atoms with E-state index >= 15 is 0 Å². The smallest absolute Gasteiger partial charge is 0.311 e. The van der Waals surface area contributed by atoms with Crippen molar-refractivity contribution in [3.63, 3.8) is 0 Å². The predicted octanol–water partition coefficient (Wildman–Crippen LogP) is 7.45. The van der Waals surface area contributed by atoms with Gasteiger partial charge in [0.25, 0.3) is 0 Å². The van der Waals surface area contributed by atoms with E-state index in [-0.39, 0.29) is 23.1 Å². The van der Waals surface area contributed by atoms with Crippen molar-refractivity contribution in [3.05, 3.63) is 69.2 Å². The Hall–Kier alpha value is -2.40. The second-order valence-electron chi connectivity index (χ2n) is 9.90. The second-order valence-corrected chi connectivity index (χ2v) is 10.8. The number of Topliss-reactive ketones (excluding diaryl/α,β-unsaturated/α-hetero) is 1. The summed E-state index contributed by atoms with van der Waals surface area (Å²) in [7, 11) is 1.46. The lowest BCUT2D eigenvalue weighted by Crippen LogP contribution is -2.29. The molecule has 0 radical (unpaired) electrons. The molecule has 4 rings (SSSR count). The Bertz CT molecular complexity index is 1110. The number of methoxy groups -OCH3 is 1. The van der Waals surface area contributed by atoms with E-state index in [1.54, 1.807) is 0 Å². The van der Waals surface area contributed by atoms with Gasteiger partial charge in [0, 0.05) is 10.0 Å². The number of carbonyl (C=O) groups is 2. The van der Waals surface area contributed by atoms with Gasteiger partial charge in [0.2, 0.25) is 0 Å². The number of esters is 1. The van der Waals surface area contributed by atoms with Gasteiger partial charge in [0.15, 0.2) is 5.78 Å². The predicted molar refractivity (Wildman–Crippen MR) is 145 cm³/mol. The van der Waals surface area contributed by atoms with Crippen LogP contribution in [-0.4, -0.2) is 25.5 Å². The quantitative estimate of drug-likeness (QED) is 0.282. The maximum absolute atomic E-state index is 13.3. The number of ether oxygens (including phenoxy) is 2. The summed E-state index contributed by atoms with van der Waals surface area (Å²) in [5.41, 5.74) is 5.28. The summed E-state index contributed by atoms with van der Waals surface area (Å²) in [6.45, 7) is 10.8. The minimum atomic E-state index is -0.140. The zero-order chi connectivity index (χ0) is 25.8. The lowest BCUT2D eigenvalue weighted by molar-refractivity contribution is -0.147. The first-order valence-corrected chi connectivity index (χ1v) is 13.3. The van der Waals surface area contributed by atoms with E-state index in [4.69, 9.17) is 4.74 Å². The molecule has 5 heteroatoms. The molecule has 2 aromatic rings. The summed E-state index contributed by atoms with van der Waals surface area (Å²) in [4.78, 5) is 24.2. The zero-order valence-corrected chi connectivity index (χ0v) is 23.3. The van der Waals surface area contributed by atoms with Gasteiger partial charge in [-0.1, -0.05) is 66.5 Å². The molecule has 0 bridgehead atoms. The van der Waals surface area contributed by atoms with E-state index in [0.29, 0.717) is 12.5 Å². The monoisotopic (exact) mass is 540 g/mol. The van der Waals surface area contributed by atoms with Crippen LogP contribution in [0.15, 0.2) is 46.9 Å². The normalized spacial score (nSPS) is 18.1. The molecule has 35 heavy (non-hydrogen) atoms. The van der Waals surface area contributed by atoms with Gasteiger partial charge >= 0.3 is 5.97 Å². The first-order valence-electron chi connectivity index (χ1n) is 12.5. The number of carbonyl (C=O) groups excluding carboxylic acids is 2. The number of halogens is 1. The fourth-order valence-corrected chi connectivity index (χ4v) is 5.05. The number of ketones is 1. The van der Waals surface area contributed by atoms with E-state index in [9.17, 15) is 9.59 Å². The summed E-state index contributed by atoms with van der Waals surface area (Å²) in [5.74, 6) is 1.26. The molecule has 1 heterocycles. The number of fused-ring (bicyclic) bond motifs is 1. The van der Waals surface area contributed by atoms with Crippen LogP contribution in [0.5, 0.6) is 5.75 Å². The maximum Gasteiger partial charge on any atom is 0.311 e. The highest BCUT2D eigenvalue weighted by molar-refractivity contribution is 9.10. The average molecular weight is 542 g/mol. The standard InChI is InChI=1S/C23H25BrO2.C7H12O2/c1-5-19(20-8-7-18(24)12-21(20)14(2)3)23(25)17-11-16-10-15(4)6-9-22(16)26-13-17;1-3-7(4-5-7)6(8)9-2/h5-10,12,14,17H,11,13H2,1-4H3;3-5H2,1-2H3/b19-5+;. The number of allylic oxidation sites excluding steroid dienone is 2. The van der Waals surface area contributed by atoms with Crippen LogP contribution in [0.4, 0.5) is 0 Å². The lowest BCUT2D eigenvalue weighted by Gasteiger charge is -2.26. The van der Waals surface area contributed by atoms with Gasteiger partial charge in [-0.2, -0.15) is 0 Å². The highest BCUT2D eigenvalue weighted by atomic mass is 79.9. The third-order valence-electron chi connectivity index (χ3n) is 7.12. The highest BCUT2D eigenvalue weighted by Crippen LogP contribution is 2.49. The first kappa shape index (κ1) is 27.2. The molecule has 1 saturated carbocycles. The molecule has 2 aromatic carbocycles. The van der Waals surface area contributed by atoms with Crippen molar-refractivity contribution in [2.75, 3.05) is 13.7 Å². The molecule has 1 fully saturated rings. The van der Waals surface area contributed by atoms with Crippen LogP contribution in [0.1, 0.15) is 75.1 Å². The minimum Gasteiger partial charge on any atom is -0.493 e. The molecule has 0 amide bonds. The van der Waals surface area contributed by atoms with E-state index in [1.807, 2.05) is 32.1 Å². The van der Waals surface area contributed by atoms with Crippen LogP contribution >= 0.6 is 15.9 Å². The molecular weight excluding hydrogens is 504 g/mol. The molecule has 2 aliphatic rings. The van der Waals surface area contributed by atoms with E-state index in [2.05, 4.69) is 65.7 Å². The molecule has 0 aromatic heterocycles. The highest BCUT2D eigenvalue weighted by Gasteiger charge is 2.49. The Balaban J connectivity index is 0.000000320. The van der Waals surface area contributed by atoms with Crippen LogP contribution in [0, 0.1) is 18.3 Å². The Morgan fingerprint density at radius 2 is 1.91 bits per heavy atom. The average Bonchev–Trinajstić information content (AvgIpc) is 3.66. The number of hydrogen-bond acceptors (Lipinski definition) is 4. The molecule has 1 unspecified atom stereocenters. The van der Waals surface area contributed by atoms with Crippen LogP contribution in [0.3, 0.4) is 0 Å². The number of rotatable bonds is 6. The van der Waals surface area contributed by atoms with Crippen LogP contribution < -0.4 is 4.74 Å². The SMILES string of the molecule is C/C=C(/C(=O)C1COc2ccc(C)cc2C1)c1ccc(Br)cc1C(C)C.CCC1(C(=O)OC)CC1. The molecule has 1 aliphatic heterocycles. The van der Waals surface area contributed by atoms with Gasteiger partial charge in [-0.05, 0) is 80.3 Å². The van der Waals surface area contributed by atoms with Crippen molar-refractivity contribution < 1.29 is 19.1 Å². The van der Waals surface area contributed by atoms with Crippen LogP contribution in [-0.2, 0) is 20.7 Å². The molecule has 188 valence electrons. The zero-order valence-electron chi connectivity index (χ0n) is 21.7. The van der Waals surface area contributed by atoms with Crippen LogP contribution in [0.25, 0.3) is 5.57 Å². The summed E-state index contributed by atoms with van der Waals surface area (Å²) in [5, 5.41) is 0. The van der Waals surface area contributed by atoms with Gasteiger partial charge in [0.1, 0.15) is 5.75 Å². The number of hydrogen-bond donors (Lipinski definition) is 0. The van der Waals surface area contributed by atoms with Crippen molar-refractivity contribution >= 4 is 33.3 Å². The van der Waals surface area contributed by atoms with Gasteiger partial charge in [-0.3, -0.25) is 9.59 Å². The maximum atomic E-state index is 13.3. The largest absolute Gasteiger partial charge is 0.493 e. The van der Waals surface area contributed by atoms with Gasteiger partial charge < -0.3 is 9.47 Å². The third-order valence-corrected chi connectivity index (χ3v) is 7.62. The first-order chi connectivity index (χ1) is 16.7. The second kappa shape index (κ2) is 11.6.